The van der Waals surface area contributed by atoms with Crippen molar-refractivity contribution in [1.82, 2.24) is 10.2 Å². The van der Waals surface area contributed by atoms with E-state index in [-0.39, 0.29) is 25.1 Å². The van der Waals surface area contributed by atoms with Crippen LogP contribution in [-0.4, -0.2) is 54.5 Å². The molecule has 114 valence electrons. The van der Waals surface area contributed by atoms with E-state index in [0.717, 1.165) is 13.0 Å². The molecule has 5 heteroatoms. The summed E-state index contributed by atoms with van der Waals surface area (Å²) in [5, 5.41) is 21.3. The highest BCUT2D eigenvalue weighted by Crippen LogP contribution is 2.20. The molecule has 0 saturated heterocycles. The third-order valence-electron chi connectivity index (χ3n) is 3.30. The number of aliphatic hydroxyl groups excluding tert-OH is 2. The highest BCUT2D eigenvalue weighted by atomic mass is 19.1. The minimum absolute atomic E-state index is 0.0546. The van der Waals surface area contributed by atoms with Gasteiger partial charge >= 0.3 is 0 Å². The van der Waals surface area contributed by atoms with Crippen molar-refractivity contribution in [2.24, 2.45) is 0 Å². The Bertz CT molecular complexity index is 371. The van der Waals surface area contributed by atoms with Gasteiger partial charge in [-0.15, -0.1) is 0 Å². The van der Waals surface area contributed by atoms with Gasteiger partial charge in [-0.1, -0.05) is 25.1 Å². The topological polar surface area (TPSA) is 55.7 Å². The second-order valence-electron chi connectivity index (χ2n) is 4.71. The molecular formula is C15H25FN2O2. The smallest absolute Gasteiger partial charge is 0.127 e. The van der Waals surface area contributed by atoms with Gasteiger partial charge in [0.25, 0.3) is 0 Å². The Hall–Kier alpha value is -1.01. The summed E-state index contributed by atoms with van der Waals surface area (Å²) in [6.07, 6.45) is 0.731. The lowest BCUT2D eigenvalue weighted by Gasteiger charge is -2.25. The number of nitrogens with zero attached hydrogens (tertiary/aromatic N) is 1. The van der Waals surface area contributed by atoms with E-state index >= 15 is 0 Å². The normalized spacial score (nSPS) is 12.8. The van der Waals surface area contributed by atoms with Crippen molar-refractivity contribution in [1.29, 1.82) is 0 Å². The number of aliphatic hydroxyl groups is 2. The largest absolute Gasteiger partial charge is 0.395 e. The maximum atomic E-state index is 13.8. The van der Waals surface area contributed by atoms with Gasteiger partial charge < -0.3 is 15.5 Å². The van der Waals surface area contributed by atoms with Gasteiger partial charge in [0.1, 0.15) is 5.82 Å². The highest BCUT2D eigenvalue weighted by Gasteiger charge is 2.15. The average Bonchev–Trinajstić information content (AvgIpc) is 2.44. The van der Waals surface area contributed by atoms with Crippen LogP contribution in [0.1, 0.15) is 24.9 Å². The van der Waals surface area contributed by atoms with E-state index in [4.69, 9.17) is 10.2 Å². The molecule has 0 aliphatic rings. The second-order valence-corrected chi connectivity index (χ2v) is 4.71. The van der Waals surface area contributed by atoms with Crippen LogP contribution in [-0.2, 0) is 0 Å². The molecule has 0 spiro atoms. The molecule has 3 N–H and O–H groups in total. The number of hydrogen-bond donors (Lipinski definition) is 3. The molecule has 0 saturated carbocycles. The standard InChI is InChI=1S/C15H25FN2O2/c1-2-17-15(13-5-3-4-6-14(13)16)7-8-18(9-11-19)10-12-20/h3-6,15,17,19-20H,2,7-12H2,1H3. The molecule has 1 aromatic carbocycles. The minimum Gasteiger partial charge on any atom is -0.395 e. The molecule has 4 nitrogen and oxygen atoms in total. The maximum Gasteiger partial charge on any atom is 0.127 e. The molecule has 0 aliphatic carbocycles. The Morgan fingerprint density at radius 3 is 2.35 bits per heavy atom. The first-order valence-electron chi connectivity index (χ1n) is 7.14. The Kier molecular flexibility index (Phi) is 8.37. The summed E-state index contributed by atoms with van der Waals surface area (Å²) in [6.45, 7) is 4.63. The van der Waals surface area contributed by atoms with Crippen LogP contribution in [0, 0.1) is 5.82 Å². The summed E-state index contributed by atoms with van der Waals surface area (Å²) in [5.41, 5.74) is 0.669. The molecule has 1 rings (SSSR count). The predicted molar refractivity (Wildman–Crippen MR) is 78.0 cm³/mol. The molecule has 0 aromatic heterocycles. The molecule has 0 amide bonds. The van der Waals surface area contributed by atoms with E-state index in [9.17, 15) is 4.39 Å². The first-order chi connectivity index (χ1) is 9.72. The fourth-order valence-corrected chi connectivity index (χ4v) is 2.30. The van der Waals surface area contributed by atoms with Crippen LogP contribution in [0.3, 0.4) is 0 Å². The second kappa shape index (κ2) is 9.83. The summed E-state index contributed by atoms with van der Waals surface area (Å²) in [4.78, 5) is 1.98. The lowest BCUT2D eigenvalue weighted by molar-refractivity contribution is 0.156. The van der Waals surface area contributed by atoms with E-state index in [0.29, 0.717) is 25.2 Å². The van der Waals surface area contributed by atoms with Crippen molar-refractivity contribution < 1.29 is 14.6 Å². The molecule has 1 atom stereocenters. The van der Waals surface area contributed by atoms with Gasteiger partial charge in [0, 0.05) is 31.2 Å². The highest BCUT2D eigenvalue weighted by molar-refractivity contribution is 5.21. The fraction of sp³-hybridized carbons (Fsp3) is 0.600. The lowest BCUT2D eigenvalue weighted by Crippen LogP contribution is -2.33. The predicted octanol–water partition coefficient (Wildman–Crippen LogP) is 1.15. The molecule has 0 heterocycles. The summed E-state index contributed by atoms with van der Waals surface area (Å²) in [7, 11) is 0. The van der Waals surface area contributed by atoms with Crippen LogP contribution >= 0.6 is 0 Å². The zero-order chi connectivity index (χ0) is 14.8. The Labute approximate surface area is 120 Å². The van der Waals surface area contributed by atoms with Gasteiger partial charge in [0.2, 0.25) is 0 Å². The summed E-state index contributed by atoms with van der Waals surface area (Å²) >= 11 is 0. The fourth-order valence-electron chi connectivity index (χ4n) is 2.30. The van der Waals surface area contributed by atoms with Crippen molar-refractivity contribution in [3.8, 4) is 0 Å². The first-order valence-corrected chi connectivity index (χ1v) is 7.14. The van der Waals surface area contributed by atoms with Crippen LogP contribution in [0.5, 0.6) is 0 Å². The maximum absolute atomic E-state index is 13.8. The van der Waals surface area contributed by atoms with Crippen molar-refractivity contribution in [2.45, 2.75) is 19.4 Å². The third kappa shape index (κ3) is 5.54. The number of benzene rings is 1. The van der Waals surface area contributed by atoms with Crippen molar-refractivity contribution in [3.05, 3.63) is 35.6 Å². The SMILES string of the molecule is CCNC(CCN(CCO)CCO)c1ccccc1F. The van der Waals surface area contributed by atoms with Crippen LogP contribution < -0.4 is 5.32 Å². The van der Waals surface area contributed by atoms with E-state index in [2.05, 4.69) is 5.32 Å². The number of halogens is 1. The lowest BCUT2D eigenvalue weighted by atomic mass is 10.0. The molecule has 20 heavy (non-hydrogen) atoms. The van der Waals surface area contributed by atoms with Crippen LogP contribution in [0.2, 0.25) is 0 Å². The Balaban J connectivity index is 2.65. The summed E-state index contributed by atoms with van der Waals surface area (Å²) in [6, 6.07) is 6.73. The first kappa shape index (κ1) is 17.0. The average molecular weight is 284 g/mol. The quantitative estimate of drug-likeness (QED) is 0.603. The van der Waals surface area contributed by atoms with Gasteiger partial charge in [0.05, 0.1) is 13.2 Å². The van der Waals surface area contributed by atoms with Crippen LogP contribution in [0.15, 0.2) is 24.3 Å². The minimum atomic E-state index is -0.200. The zero-order valence-electron chi connectivity index (χ0n) is 12.1. The van der Waals surface area contributed by atoms with Crippen molar-refractivity contribution >= 4 is 0 Å². The molecule has 1 unspecified atom stereocenters. The monoisotopic (exact) mass is 284 g/mol. The molecular weight excluding hydrogens is 259 g/mol. The van der Waals surface area contributed by atoms with E-state index in [1.54, 1.807) is 12.1 Å². The number of rotatable bonds is 10. The summed E-state index contributed by atoms with van der Waals surface area (Å²) < 4.78 is 13.8. The number of hydrogen-bond acceptors (Lipinski definition) is 4. The molecule has 0 aliphatic heterocycles. The zero-order valence-corrected chi connectivity index (χ0v) is 12.1. The van der Waals surface area contributed by atoms with Crippen molar-refractivity contribution in [2.75, 3.05) is 39.4 Å². The Morgan fingerprint density at radius 2 is 1.80 bits per heavy atom. The van der Waals surface area contributed by atoms with Gasteiger partial charge in [0.15, 0.2) is 0 Å². The van der Waals surface area contributed by atoms with E-state index in [1.165, 1.54) is 6.07 Å². The summed E-state index contributed by atoms with van der Waals surface area (Å²) in [5.74, 6) is -0.200. The molecule has 0 radical (unpaired) electrons. The Morgan fingerprint density at radius 1 is 1.15 bits per heavy atom. The van der Waals surface area contributed by atoms with E-state index in [1.807, 2.05) is 17.9 Å². The van der Waals surface area contributed by atoms with Crippen LogP contribution in [0.4, 0.5) is 4.39 Å². The molecule has 0 bridgehead atoms. The van der Waals surface area contributed by atoms with Gasteiger partial charge in [-0.3, -0.25) is 4.90 Å². The van der Waals surface area contributed by atoms with E-state index < -0.39 is 0 Å². The van der Waals surface area contributed by atoms with Gasteiger partial charge in [-0.25, -0.2) is 4.39 Å². The van der Waals surface area contributed by atoms with Gasteiger partial charge in [-0.2, -0.15) is 0 Å². The number of nitrogens with one attached hydrogen (secondary N) is 1. The van der Waals surface area contributed by atoms with Gasteiger partial charge in [-0.05, 0) is 19.0 Å². The third-order valence-corrected chi connectivity index (χ3v) is 3.30. The van der Waals surface area contributed by atoms with Crippen molar-refractivity contribution in [3.63, 3.8) is 0 Å². The van der Waals surface area contributed by atoms with Crippen LogP contribution in [0.25, 0.3) is 0 Å². The molecule has 0 fully saturated rings. The molecule has 1 aromatic rings.